The lowest BCUT2D eigenvalue weighted by Crippen LogP contribution is -2.40. The molecule has 0 bridgehead atoms. The predicted molar refractivity (Wildman–Crippen MR) is 53.7 cm³/mol. The van der Waals surface area contributed by atoms with Gasteiger partial charge < -0.3 is 10.0 Å². The summed E-state index contributed by atoms with van der Waals surface area (Å²) in [5, 5.41) is 12.2. The molecular formula is C8H11N3O3S. The van der Waals surface area contributed by atoms with Gasteiger partial charge in [0, 0.05) is 6.04 Å². The molecule has 0 saturated carbocycles. The molecule has 0 radical (unpaired) electrons. The van der Waals surface area contributed by atoms with Gasteiger partial charge in [-0.15, -0.1) is 5.10 Å². The summed E-state index contributed by atoms with van der Waals surface area (Å²) >= 11 is 0.959. The number of hydrogen-bond acceptors (Lipinski definition) is 5. The summed E-state index contributed by atoms with van der Waals surface area (Å²) in [7, 11) is 0. The molecule has 1 aromatic rings. The summed E-state index contributed by atoms with van der Waals surface area (Å²) in [4.78, 5) is 24.0. The van der Waals surface area contributed by atoms with Crippen LogP contribution in [-0.2, 0) is 4.79 Å². The number of hydrogen-bond donors (Lipinski definition) is 1. The normalized spacial score (nSPS) is 10.3. The molecule has 0 saturated heterocycles. The molecule has 15 heavy (non-hydrogen) atoms. The molecule has 0 aromatic carbocycles. The molecule has 7 heteroatoms. The van der Waals surface area contributed by atoms with Crippen molar-refractivity contribution in [3.05, 3.63) is 11.1 Å². The number of amides is 1. The van der Waals surface area contributed by atoms with Gasteiger partial charge in [0.2, 0.25) is 0 Å². The fourth-order valence-corrected chi connectivity index (χ4v) is 1.51. The Morgan fingerprint density at radius 1 is 1.60 bits per heavy atom. The van der Waals surface area contributed by atoms with Gasteiger partial charge in [0.1, 0.15) is 11.4 Å². The Morgan fingerprint density at radius 2 is 2.27 bits per heavy atom. The van der Waals surface area contributed by atoms with Gasteiger partial charge >= 0.3 is 5.97 Å². The lowest BCUT2D eigenvalue weighted by Gasteiger charge is -2.23. The van der Waals surface area contributed by atoms with Gasteiger partial charge in [-0.05, 0) is 25.4 Å². The average Bonchev–Trinajstić information content (AvgIpc) is 2.65. The van der Waals surface area contributed by atoms with Crippen LogP contribution in [0.1, 0.15) is 23.5 Å². The van der Waals surface area contributed by atoms with E-state index in [9.17, 15) is 9.59 Å². The third kappa shape index (κ3) is 2.98. The average molecular weight is 229 g/mol. The third-order valence-electron chi connectivity index (χ3n) is 1.76. The molecule has 0 aliphatic rings. The van der Waals surface area contributed by atoms with Crippen molar-refractivity contribution in [2.24, 2.45) is 0 Å². The topological polar surface area (TPSA) is 83.4 Å². The van der Waals surface area contributed by atoms with Gasteiger partial charge in [0.25, 0.3) is 5.91 Å². The Morgan fingerprint density at radius 3 is 2.67 bits per heavy atom. The van der Waals surface area contributed by atoms with E-state index in [1.54, 1.807) is 13.8 Å². The lowest BCUT2D eigenvalue weighted by molar-refractivity contribution is -0.138. The second-order valence-electron chi connectivity index (χ2n) is 3.20. The highest BCUT2D eigenvalue weighted by Crippen LogP contribution is 2.10. The first-order chi connectivity index (χ1) is 7.02. The standard InChI is InChI=1S/C8H11N3O3S/c1-5(2)11(4-7(12)13)8(14)6-3-9-10-15-6/h3,5H,4H2,1-2H3,(H,12,13). The number of aromatic nitrogens is 2. The first-order valence-electron chi connectivity index (χ1n) is 4.32. The summed E-state index contributed by atoms with van der Waals surface area (Å²) in [6, 6.07) is -0.171. The van der Waals surface area contributed by atoms with Crippen LogP contribution in [-0.4, -0.2) is 44.1 Å². The Kier molecular flexibility index (Phi) is 3.73. The van der Waals surface area contributed by atoms with Crippen LogP contribution in [0.5, 0.6) is 0 Å². The number of rotatable bonds is 4. The quantitative estimate of drug-likeness (QED) is 0.811. The molecule has 0 aliphatic heterocycles. The minimum atomic E-state index is -1.03. The largest absolute Gasteiger partial charge is 0.480 e. The van der Waals surface area contributed by atoms with Crippen LogP contribution >= 0.6 is 11.5 Å². The van der Waals surface area contributed by atoms with Crippen molar-refractivity contribution in [1.82, 2.24) is 14.5 Å². The maximum atomic E-state index is 11.8. The van der Waals surface area contributed by atoms with E-state index in [2.05, 4.69) is 9.59 Å². The van der Waals surface area contributed by atoms with Crippen molar-refractivity contribution in [2.45, 2.75) is 19.9 Å². The van der Waals surface area contributed by atoms with Crippen molar-refractivity contribution < 1.29 is 14.7 Å². The molecule has 1 aromatic heterocycles. The predicted octanol–water partition coefficient (Wildman–Crippen LogP) is 0.473. The Labute approximate surface area is 90.7 Å². The van der Waals surface area contributed by atoms with E-state index < -0.39 is 5.97 Å². The van der Waals surface area contributed by atoms with Crippen LogP contribution < -0.4 is 0 Å². The van der Waals surface area contributed by atoms with E-state index in [-0.39, 0.29) is 18.5 Å². The second-order valence-corrected chi connectivity index (χ2v) is 3.99. The zero-order valence-electron chi connectivity index (χ0n) is 8.38. The first kappa shape index (κ1) is 11.6. The van der Waals surface area contributed by atoms with Crippen LogP contribution in [0.4, 0.5) is 0 Å². The summed E-state index contributed by atoms with van der Waals surface area (Å²) in [6.45, 7) is 3.21. The molecule has 0 unspecified atom stereocenters. The van der Waals surface area contributed by atoms with Crippen LogP contribution in [0.15, 0.2) is 6.20 Å². The van der Waals surface area contributed by atoms with Gasteiger partial charge in [-0.3, -0.25) is 9.59 Å². The number of carbonyl (C=O) groups excluding carboxylic acids is 1. The smallest absolute Gasteiger partial charge is 0.323 e. The molecule has 0 atom stereocenters. The lowest BCUT2D eigenvalue weighted by atomic mass is 10.3. The zero-order chi connectivity index (χ0) is 11.4. The highest BCUT2D eigenvalue weighted by molar-refractivity contribution is 7.07. The number of carboxylic acid groups (broad SMARTS) is 1. The summed E-state index contributed by atoms with van der Waals surface area (Å²) in [5.41, 5.74) is 0. The molecule has 1 N–H and O–H groups in total. The van der Waals surface area contributed by atoms with E-state index in [0.29, 0.717) is 4.88 Å². The van der Waals surface area contributed by atoms with Crippen molar-refractivity contribution in [2.75, 3.05) is 6.54 Å². The molecule has 6 nitrogen and oxygen atoms in total. The minimum Gasteiger partial charge on any atom is -0.480 e. The third-order valence-corrected chi connectivity index (χ3v) is 2.41. The molecule has 82 valence electrons. The number of carboxylic acids is 1. The van der Waals surface area contributed by atoms with Crippen LogP contribution in [0, 0.1) is 0 Å². The van der Waals surface area contributed by atoms with E-state index >= 15 is 0 Å². The van der Waals surface area contributed by atoms with Crippen molar-refractivity contribution >= 4 is 23.4 Å². The highest BCUT2D eigenvalue weighted by Gasteiger charge is 2.22. The van der Waals surface area contributed by atoms with Crippen LogP contribution in [0.2, 0.25) is 0 Å². The van der Waals surface area contributed by atoms with Gasteiger partial charge in [0.05, 0.1) is 6.20 Å². The first-order valence-corrected chi connectivity index (χ1v) is 5.10. The molecule has 0 spiro atoms. The van der Waals surface area contributed by atoms with Gasteiger partial charge in [-0.25, -0.2) is 0 Å². The summed E-state index contributed by atoms with van der Waals surface area (Å²) < 4.78 is 3.56. The van der Waals surface area contributed by atoms with E-state index in [1.807, 2.05) is 0 Å². The van der Waals surface area contributed by atoms with Gasteiger partial charge in [0.15, 0.2) is 0 Å². The minimum absolute atomic E-state index is 0.171. The monoisotopic (exact) mass is 229 g/mol. The van der Waals surface area contributed by atoms with Gasteiger partial charge in [-0.1, -0.05) is 4.49 Å². The van der Waals surface area contributed by atoms with Crippen molar-refractivity contribution in [1.29, 1.82) is 0 Å². The van der Waals surface area contributed by atoms with Crippen LogP contribution in [0.3, 0.4) is 0 Å². The Balaban J connectivity index is 2.81. The van der Waals surface area contributed by atoms with E-state index in [0.717, 1.165) is 11.5 Å². The summed E-state index contributed by atoms with van der Waals surface area (Å²) in [6.07, 6.45) is 1.34. The number of carbonyl (C=O) groups is 2. The second kappa shape index (κ2) is 4.83. The van der Waals surface area contributed by atoms with Crippen molar-refractivity contribution in [3.8, 4) is 0 Å². The van der Waals surface area contributed by atoms with E-state index in [4.69, 9.17) is 5.11 Å². The molecule has 1 rings (SSSR count). The molecule has 0 aliphatic carbocycles. The number of nitrogens with zero attached hydrogens (tertiary/aromatic N) is 3. The van der Waals surface area contributed by atoms with Gasteiger partial charge in [-0.2, -0.15) is 0 Å². The fourth-order valence-electron chi connectivity index (χ4n) is 1.04. The maximum Gasteiger partial charge on any atom is 0.323 e. The zero-order valence-corrected chi connectivity index (χ0v) is 9.19. The SMILES string of the molecule is CC(C)N(CC(=O)O)C(=O)c1cnns1. The maximum absolute atomic E-state index is 11.8. The Bertz CT molecular complexity index is 350. The number of aliphatic carboxylic acids is 1. The Hall–Kier alpha value is -1.50. The highest BCUT2D eigenvalue weighted by atomic mass is 32.1. The van der Waals surface area contributed by atoms with E-state index in [1.165, 1.54) is 11.1 Å². The summed E-state index contributed by atoms with van der Waals surface area (Å²) in [5.74, 6) is -1.38. The molecule has 1 heterocycles. The molecular weight excluding hydrogens is 218 g/mol. The fraction of sp³-hybridized carbons (Fsp3) is 0.500. The van der Waals surface area contributed by atoms with Crippen molar-refractivity contribution in [3.63, 3.8) is 0 Å². The van der Waals surface area contributed by atoms with Crippen LogP contribution in [0.25, 0.3) is 0 Å². The molecule has 1 amide bonds. The molecule has 0 fully saturated rings.